The van der Waals surface area contributed by atoms with Crippen LogP contribution < -0.4 is 11.5 Å². The van der Waals surface area contributed by atoms with Gasteiger partial charge in [-0.1, -0.05) is 95.5 Å². The SMILES string of the molecule is NC[C@@H](CC(=O)c1cc2c(s1)C(F)(F)CCn1ncc(Cl)c1-2)Cc1cccc(F)c1.N[C@@H](Cc1cccc(F)c1)CN1C(=O)c2ccccc2C1=O.O=C(C[C@@H](Cc1cccc(F)c1)CN1C(=O)c2ccccc2C1=O)c1cc2c(s1)C(F)(F)CCn1ncc(Cl)c1-2.O=C(O)c1cc2c(s1)C(F)(F)CCn1ncc(Cl)c1-2.S.S. The molecule has 0 spiro atoms. The Hall–Kier alpha value is -9.22. The van der Waals surface area contributed by atoms with Crippen molar-refractivity contribution in [2.45, 2.75) is 94.8 Å². The average Bonchev–Trinajstić information content (AvgIpc) is 1.61. The zero-order valence-corrected chi connectivity index (χ0v) is 65.7. The van der Waals surface area contributed by atoms with E-state index in [-0.39, 0.29) is 193 Å². The van der Waals surface area contributed by atoms with Crippen LogP contribution in [0.25, 0.3) is 33.8 Å². The van der Waals surface area contributed by atoms with Crippen molar-refractivity contribution in [3.63, 3.8) is 0 Å². The number of aromatic carboxylic acids is 1. The van der Waals surface area contributed by atoms with Crippen molar-refractivity contribution in [1.29, 1.82) is 0 Å². The highest BCUT2D eigenvalue weighted by Gasteiger charge is 2.45. The molecule has 3 atom stereocenters. The fourth-order valence-electron chi connectivity index (χ4n) is 13.9. The molecule has 113 heavy (non-hydrogen) atoms. The van der Waals surface area contributed by atoms with Crippen molar-refractivity contribution in [3.8, 4) is 33.8 Å². The Bertz CT molecular complexity index is 5420. The molecule has 0 fully saturated rings. The number of nitrogens with zero attached hydrogens (tertiary/aromatic N) is 8. The molecule has 6 aromatic heterocycles. The lowest BCUT2D eigenvalue weighted by Gasteiger charge is -2.22. The predicted molar refractivity (Wildman–Crippen MR) is 421 cm³/mol. The first-order chi connectivity index (χ1) is 52.9. The molecule has 5 aliphatic heterocycles. The minimum atomic E-state index is -3.18. The van der Waals surface area contributed by atoms with Crippen LogP contribution in [0.4, 0.5) is 39.5 Å². The van der Waals surface area contributed by atoms with Crippen molar-refractivity contribution in [2.75, 3.05) is 19.6 Å². The highest BCUT2D eigenvalue weighted by Crippen LogP contribution is 2.51. The Morgan fingerprint density at radius 2 is 0.770 bits per heavy atom. The third-order valence-electron chi connectivity index (χ3n) is 19.1. The summed E-state index contributed by atoms with van der Waals surface area (Å²) in [6.07, 6.45) is 3.82. The van der Waals surface area contributed by atoms with Crippen molar-refractivity contribution in [2.24, 2.45) is 23.3 Å². The number of aryl methyl sites for hydroxylation is 3. The van der Waals surface area contributed by atoms with E-state index in [1.807, 2.05) is 0 Å². The second-order valence-corrected chi connectivity index (χ2v) is 31.3. The predicted octanol–water partition coefficient (Wildman–Crippen LogP) is 17.6. The zero-order valence-electron chi connectivity index (χ0n) is 58.9. The summed E-state index contributed by atoms with van der Waals surface area (Å²) in [6, 6.07) is 35.0. The molecule has 0 bridgehead atoms. The molecule has 11 heterocycles. The summed E-state index contributed by atoms with van der Waals surface area (Å²) >= 11 is 20.6. The molecular weight excluding hydrogens is 1640 g/mol. The number of ketones is 2. The first-order valence-electron chi connectivity index (χ1n) is 34.5. The van der Waals surface area contributed by atoms with Gasteiger partial charge in [-0.05, 0) is 133 Å². The molecule has 5 aliphatic rings. The number of Topliss-reactive ketones (excluding diaryl/α,β-unsaturated/α-hetero) is 2. The van der Waals surface area contributed by atoms with Gasteiger partial charge in [0, 0.05) is 87.6 Å². The monoisotopic (exact) mass is 1710 g/mol. The van der Waals surface area contributed by atoms with Gasteiger partial charge in [0.05, 0.1) is 97.4 Å². The lowest BCUT2D eigenvalue weighted by atomic mass is 9.93. The van der Waals surface area contributed by atoms with E-state index in [1.165, 1.54) is 93.3 Å². The van der Waals surface area contributed by atoms with Crippen LogP contribution in [0, 0.1) is 29.3 Å². The Labute approximate surface area is 679 Å². The number of halogens is 12. The fraction of sp³-hybridized carbons (Fsp3) is 0.256. The molecule has 4 amide bonds. The highest BCUT2D eigenvalue weighted by atomic mass is 35.5. The number of carbonyl (C=O) groups excluding carboxylic acids is 6. The smallest absolute Gasteiger partial charge is 0.345 e. The van der Waals surface area contributed by atoms with Gasteiger partial charge in [-0.3, -0.25) is 52.6 Å². The molecule has 0 radical (unpaired) electrons. The molecular formula is C78H66Cl3F9N10O8S5. The van der Waals surface area contributed by atoms with Crippen LogP contribution >= 0.6 is 95.8 Å². The first kappa shape index (κ1) is 84.7. The summed E-state index contributed by atoms with van der Waals surface area (Å²) in [5.74, 6) is -14.8. The second kappa shape index (κ2) is 34.9. The number of aromatic nitrogens is 6. The summed E-state index contributed by atoms with van der Waals surface area (Å²) in [6.45, 7) is 0.316. The normalized spacial score (nSPS) is 15.7. The largest absolute Gasteiger partial charge is 0.477 e. The van der Waals surface area contributed by atoms with Gasteiger partial charge in [0.2, 0.25) is 0 Å². The number of carboxylic acids is 1. The molecule has 0 unspecified atom stereocenters. The minimum absolute atomic E-state index is 0. The third-order valence-corrected chi connectivity index (χ3v) is 23.8. The highest BCUT2D eigenvalue weighted by molar-refractivity contribution is 7.59. The molecule has 5 aromatic carbocycles. The number of hydrogen-bond donors (Lipinski definition) is 3. The maximum absolute atomic E-state index is 15.1. The number of fused-ring (bicyclic) bond motifs is 11. The van der Waals surface area contributed by atoms with E-state index in [2.05, 4.69) is 15.3 Å². The molecule has 18 nitrogen and oxygen atoms in total. The standard InChI is InChI=1S/C29H21ClF3N3O3S.C21H19ClF3N3OS.C17H15FN2O2.C11H7ClF2N2O2S.2H2S/c30-22-14-34-36-9-8-29(32,33)26-21(25(22)36)13-24(40-26)23(37)12-17(10-16-4-3-5-18(31)11-16)15-35-27(38)19-6-1-2-7-20(19)28(35)39;22-16-11-27-28-5-4-21(24,25)20-15(19(16)28)9-18(30-20)17(29)8-13(10-26)6-12-2-1-3-14(23)7-12;18-12-5-3-4-11(8-12)9-13(19)10-20-16(21)14-6-1-2-7-15(14)17(20)22;12-6-4-15-16-2-1-11(13,14)9-5(8(6)16)3-7(19-9)10(17)18;;/h1-7,11,13-14,17H,8-10,12,15H2;1-3,7,9,11,13H,4-6,8,10,26H2;1-8,13H,9-10,19H2;3-4H,1-2H2,(H,17,18);2*1H2/t17-;2*13-;;;/m110.../s1. The van der Waals surface area contributed by atoms with E-state index in [4.69, 9.17) is 51.4 Å². The molecule has 0 saturated heterocycles. The van der Waals surface area contributed by atoms with Crippen LogP contribution in [0.1, 0.15) is 134 Å². The average molecular weight is 1710 g/mol. The molecule has 5 N–H and O–H groups in total. The van der Waals surface area contributed by atoms with Crippen molar-refractivity contribution in [1.82, 2.24) is 39.1 Å². The number of hydrogen-bond acceptors (Lipinski definition) is 15. The van der Waals surface area contributed by atoms with Crippen molar-refractivity contribution in [3.05, 3.63) is 259 Å². The Morgan fingerprint density at radius 1 is 0.451 bits per heavy atom. The number of carbonyl (C=O) groups is 7. The number of amides is 4. The van der Waals surface area contributed by atoms with Gasteiger partial charge >= 0.3 is 5.97 Å². The zero-order chi connectivity index (χ0) is 79.1. The Kier molecular flexibility index (Phi) is 26.1. The molecule has 0 aliphatic carbocycles. The number of benzene rings is 5. The number of thiophene rings is 3. The van der Waals surface area contributed by atoms with Crippen LogP contribution in [-0.4, -0.2) is 111 Å². The maximum atomic E-state index is 15.1. The summed E-state index contributed by atoms with van der Waals surface area (Å²) in [5.41, 5.74) is 17.0. The number of carboxylic acid groups (broad SMARTS) is 1. The van der Waals surface area contributed by atoms with E-state index in [0.29, 0.717) is 69.3 Å². The van der Waals surface area contributed by atoms with Gasteiger partial charge in [-0.25, -0.2) is 44.3 Å². The molecule has 590 valence electrons. The van der Waals surface area contributed by atoms with E-state index >= 15 is 8.78 Å². The maximum Gasteiger partial charge on any atom is 0.345 e. The number of rotatable bonds is 18. The molecule has 0 saturated carbocycles. The van der Waals surface area contributed by atoms with Gasteiger partial charge in [-0.15, -0.1) is 34.0 Å². The lowest BCUT2D eigenvalue weighted by molar-refractivity contribution is -0.0128. The Morgan fingerprint density at radius 3 is 1.12 bits per heavy atom. The van der Waals surface area contributed by atoms with Gasteiger partial charge < -0.3 is 16.6 Å². The second-order valence-electron chi connectivity index (χ2n) is 26.9. The van der Waals surface area contributed by atoms with Gasteiger partial charge in [-0.2, -0.15) is 42.3 Å². The lowest BCUT2D eigenvalue weighted by Crippen LogP contribution is -2.41. The fourth-order valence-corrected chi connectivity index (χ4v) is 17.8. The van der Waals surface area contributed by atoms with E-state index < -0.39 is 78.4 Å². The summed E-state index contributed by atoms with van der Waals surface area (Å²) in [4.78, 5) is 89.8. The van der Waals surface area contributed by atoms with Crippen molar-refractivity contribution >= 4 is 137 Å². The van der Waals surface area contributed by atoms with E-state index in [9.17, 15) is 64.3 Å². The number of imide groups is 2. The first-order valence-corrected chi connectivity index (χ1v) is 38.1. The van der Waals surface area contributed by atoms with Crippen molar-refractivity contribution < 1.29 is 78.2 Å². The summed E-state index contributed by atoms with van der Waals surface area (Å²) in [7, 11) is 0. The van der Waals surface area contributed by atoms with E-state index in [1.54, 1.807) is 78.9 Å². The summed E-state index contributed by atoms with van der Waals surface area (Å²) in [5, 5.41) is 21.8. The van der Waals surface area contributed by atoms with Gasteiger partial charge in [0.1, 0.15) is 22.3 Å². The van der Waals surface area contributed by atoms with E-state index in [0.717, 1.165) is 32.3 Å². The van der Waals surface area contributed by atoms with Gasteiger partial charge in [0.25, 0.3) is 41.4 Å². The van der Waals surface area contributed by atoms with Crippen LogP contribution in [-0.2, 0) is 56.7 Å². The molecule has 35 heteroatoms. The number of alkyl halides is 6. The number of nitrogens with two attached hydrogens (primary N) is 2. The third kappa shape index (κ3) is 18.2. The molecule has 16 rings (SSSR count). The summed E-state index contributed by atoms with van der Waals surface area (Å²) < 4.78 is 132. The van der Waals surface area contributed by atoms with Crippen LogP contribution in [0.2, 0.25) is 15.1 Å². The van der Waals surface area contributed by atoms with Gasteiger partial charge in [0.15, 0.2) is 11.6 Å². The van der Waals surface area contributed by atoms with Crippen LogP contribution in [0.15, 0.2) is 158 Å². The molecule has 11 aromatic rings. The quantitative estimate of drug-likeness (QED) is 0.0411. The van der Waals surface area contributed by atoms with Crippen LogP contribution in [0.3, 0.4) is 0 Å². The van der Waals surface area contributed by atoms with Crippen LogP contribution in [0.5, 0.6) is 0 Å². The Balaban J connectivity index is 0.000000154. The minimum Gasteiger partial charge on any atom is -0.477 e. The topological polar surface area (TPSA) is 252 Å².